The molecule has 20 heavy (non-hydrogen) atoms. The van der Waals surface area contributed by atoms with Gasteiger partial charge in [0.1, 0.15) is 5.82 Å². The Morgan fingerprint density at radius 1 is 1.40 bits per heavy atom. The van der Waals surface area contributed by atoms with Gasteiger partial charge in [0.25, 0.3) is 0 Å². The standard InChI is InChI=1S/C14H19N3O3/c1-9-11(14(19)20-2)5-6-12(16-9)15-8-7-13(18)17-10-3-4-10/h5-6,10H,3-4,7-8H2,1-2H3,(H,15,16)(H,17,18). The van der Waals surface area contributed by atoms with Crippen molar-refractivity contribution >= 4 is 17.7 Å². The fraction of sp³-hybridized carbons (Fsp3) is 0.500. The molecule has 1 amide bonds. The number of nitrogens with zero attached hydrogens (tertiary/aromatic N) is 1. The minimum absolute atomic E-state index is 0.0582. The molecule has 108 valence electrons. The highest BCUT2D eigenvalue weighted by Crippen LogP contribution is 2.18. The van der Waals surface area contributed by atoms with Gasteiger partial charge in [-0.3, -0.25) is 4.79 Å². The minimum atomic E-state index is -0.398. The lowest BCUT2D eigenvalue weighted by molar-refractivity contribution is -0.120. The Balaban J connectivity index is 1.82. The molecule has 6 nitrogen and oxygen atoms in total. The van der Waals surface area contributed by atoms with Gasteiger partial charge in [0.05, 0.1) is 18.4 Å². The Bertz CT molecular complexity index is 512. The zero-order valence-electron chi connectivity index (χ0n) is 11.7. The molecule has 1 heterocycles. The van der Waals surface area contributed by atoms with Crippen LogP contribution < -0.4 is 10.6 Å². The lowest BCUT2D eigenvalue weighted by atomic mass is 10.2. The lowest BCUT2D eigenvalue weighted by Gasteiger charge is -2.08. The molecule has 1 aromatic heterocycles. The number of aryl methyl sites for hydroxylation is 1. The summed E-state index contributed by atoms with van der Waals surface area (Å²) in [4.78, 5) is 27.2. The van der Waals surface area contributed by atoms with Gasteiger partial charge in [0.15, 0.2) is 0 Å². The predicted octanol–water partition coefficient (Wildman–Crippen LogP) is 1.26. The van der Waals surface area contributed by atoms with Gasteiger partial charge in [-0.2, -0.15) is 0 Å². The second kappa shape index (κ2) is 6.36. The zero-order chi connectivity index (χ0) is 14.5. The van der Waals surface area contributed by atoms with Crippen molar-refractivity contribution in [3.8, 4) is 0 Å². The summed E-state index contributed by atoms with van der Waals surface area (Å²) in [6.45, 7) is 2.26. The van der Waals surface area contributed by atoms with Gasteiger partial charge in [-0.1, -0.05) is 0 Å². The SMILES string of the molecule is COC(=O)c1ccc(NCCC(=O)NC2CC2)nc1C. The van der Waals surface area contributed by atoms with Crippen LogP contribution in [0.4, 0.5) is 5.82 Å². The highest BCUT2D eigenvalue weighted by atomic mass is 16.5. The number of carbonyl (C=O) groups excluding carboxylic acids is 2. The van der Waals surface area contributed by atoms with Crippen LogP contribution in [0.25, 0.3) is 0 Å². The highest BCUT2D eigenvalue weighted by molar-refractivity contribution is 5.90. The highest BCUT2D eigenvalue weighted by Gasteiger charge is 2.22. The third kappa shape index (κ3) is 3.94. The van der Waals surface area contributed by atoms with E-state index in [4.69, 9.17) is 0 Å². The van der Waals surface area contributed by atoms with E-state index in [2.05, 4.69) is 20.4 Å². The van der Waals surface area contributed by atoms with Crippen molar-refractivity contribution in [3.05, 3.63) is 23.4 Å². The largest absolute Gasteiger partial charge is 0.465 e. The van der Waals surface area contributed by atoms with Crippen LogP contribution in [0, 0.1) is 6.92 Å². The van der Waals surface area contributed by atoms with Crippen LogP contribution in [0.3, 0.4) is 0 Å². The van der Waals surface area contributed by atoms with Crippen LogP contribution in [-0.4, -0.2) is 36.6 Å². The summed E-state index contributed by atoms with van der Waals surface area (Å²) in [5.41, 5.74) is 1.05. The molecular weight excluding hydrogens is 258 g/mol. The molecule has 0 saturated heterocycles. The van der Waals surface area contributed by atoms with Gasteiger partial charge in [-0.15, -0.1) is 0 Å². The molecule has 1 aliphatic rings. The number of nitrogens with one attached hydrogen (secondary N) is 2. The fourth-order valence-electron chi connectivity index (χ4n) is 1.82. The van der Waals surface area contributed by atoms with E-state index in [1.807, 2.05) is 0 Å². The molecule has 0 aromatic carbocycles. The lowest BCUT2D eigenvalue weighted by Crippen LogP contribution is -2.27. The number of esters is 1. The maximum absolute atomic E-state index is 11.5. The van der Waals surface area contributed by atoms with E-state index < -0.39 is 5.97 Å². The number of methoxy groups -OCH3 is 1. The Hall–Kier alpha value is -2.11. The average molecular weight is 277 g/mol. The van der Waals surface area contributed by atoms with Crippen molar-refractivity contribution in [3.63, 3.8) is 0 Å². The summed E-state index contributed by atoms with van der Waals surface area (Å²) in [5.74, 6) is 0.308. The summed E-state index contributed by atoms with van der Waals surface area (Å²) < 4.78 is 4.66. The van der Waals surface area contributed by atoms with E-state index in [1.54, 1.807) is 19.1 Å². The van der Waals surface area contributed by atoms with Crippen LogP contribution in [0.15, 0.2) is 12.1 Å². The average Bonchev–Trinajstić information content (AvgIpc) is 3.22. The van der Waals surface area contributed by atoms with Crippen molar-refractivity contribution in [2.75, 3.05) is 19.0 Å². The van der Waals surface area contributed by atoms with Gasteiger partial charge in [-0.25, -0.2) is 9.78 Å². The maximum Gasteiger partial charge on any atom is 0.339 e. The Labute approximate surface area is 117 Å². The smallest absolute Gasteiger partial charge is 0.339 e. The summed E-state index contributed by atoms with van der Waals surface area (Å²) in [5, 5.41) is 5.99. The molecule has 1 aliphatic carbocycles. The quantitative estimate of drug-likeness (QED) is 0.765. The molecule has 0 aliphatic heterocycles. The second-order valence-electron chi connectivity index (χ2n) is 4.84. The number of carbonyl (C=O) groups is 2. The van der Waals surface area contributed by atoms with Crippen molar-refractivity contribution < 1.29 is 14.3 Å². The Morgan fingerprint density at radius 3 is 2.75 bits per heavy atom. The molecule has 0 unspecified atom stereocenters. The summed E-state index contributed by atoms with van der Waals surface area (Å²) in [6.07, 6.45) is 2.60. The molecule has 2 rings (SSSR count). The molecule has 0 radical (unpaired) electrons. The van der Waals surface area contributed by atoms with E-state index in [0.29, 0.717) is 36.1 Å². The normalized spacial score (nSPS) is 13.7. The number of anilines is 1. The van der Waals surface area contributed by atoms with Gasteiger partial charge in [0.2, 0.25) is 5.91 Å². The van der Waals surface area contributed by atoms with Gasteiger partial charge in [0, 0.05) is 19.0 Å². The van der Waals surface area contributed by atoms with E-state index in [-0.39, 0.29) is 5.91 Å². The van der Waals surface area contributed by atoms with Crippen molar-refractivity contribution in [1.82, 2.24) is 10.3 Å². The van der Waals surface area contributed by atoms with Crippen LogP contribution in [-0.2, 0) is 9.53 Å². The van der Waals surface area contributed by atoms with Crippen LogP contribution >= 0.6 is 0 Å². The van der Waals surface area contributed by atoms with Crippen molar-refractivity contribution in [1.29, 1.82) is 0 Å². The van der Waals surface area contributed by atoms with Crippen molar-refractivity contribution in [2.45, 2.75) is 32.2 Å². The van der Waals surface area contributed by atoms with Crippen LogP contribution in [0.1, 0.15) is 35.3 Å². The van der Waals surface area contributed by atoms with Gasteiger partial charge >= 0.3 is 5.97 Å². The molecule has 0 spiro atoms. The van der Waals surface area contributed by atoms with Gasteiger partial charge < -0.3 is 15.4 Å². The second-order valence-corrected chi connectivity index (χ2v) is 4.84. The predicted molar refractivity (Wildman–Crippen MR) is 74.6 cm³/mol. The van der Waals surface area contributed by atoms with Crippen LogP contribution in [0.5, 0.6) is 0 Å². The first kappa shape index (κ1) is 14.3. The number of amides is 1. The molecule has 1 aromatic rings. The van der Waals surface area contributed by atoms with E-state index in [1.165, 1.54) is 7.11 Å². The summed E-state index contributed by atoms with van der Waals surface area (Å²) in [6, 6.07) is 3.76. The number of hydrogen-bond acceptors (Lipinski definition) is 5. The molecule has 6 heteroatoms. The minimum Gasteiger partial charge on any atom is -0.465 e. The molecule has 1 saturated carbocycles. The maximum atomic E-state index is 11.5. The number of hydrogen-bond donors (Lipinski definition) is 2. The summed E-state index contributed by atoms with van der Waals surface area (Å²) in [7, 11) is 1.34. The van der Waals surface area contributed by atoms with Gasteiger partial charge in [-0.05, 0) is 31.9 Å². The molecule has 1 fully saturated rings. The summed E-state index contributed by atoms with van der Waals surface area (Å²) >= 11 is 0. The number of aromatic nitrogens is 1. The third-order valence-corrected chi connectivity index (χ3v) is 3.09. The molecule has 2 N–H and O–H groups in total. The first-order valence-corrected chi connectivity index (χ1v) is 6.69. The zero-order valence-corrected chi connectivity index (χ0v) is 11.7. The first-order chi connectivity index (χ1) is 9.60. The fourth-order valence-corrected chi connectivity index (χ4v) is 1.82. The third-order valence-electron chi connectivity index (χ3n) is 3.09. The van der Waals surface area contributed by atoms with E-state index in [0.717, 1.165) is 12.8 Å². The van der Waals surface area contributed by atoms with E-state index in [9.17, 15) is 9.59 Å². The number of rotatable bonds is 6. The molecule has 0 atom stereocenters. The van der Waals surface area contributed by atoms with Crippen molar-refractivity contribution in [2.24, 2.45) is 0 Å². The topological polar surface area (TPSA) is 80.3 Å². The monoisotopic (exact) mass is 277 g/mol. The molecule has 0 bridgehead atoms. The molecular formula is C14H19N3O3. The number of pyridine rings is 1. The van der Waals surface area contributed by atoms with E-state index >= 15 is 0 Å². The Morgan fingerprint density at radius 2 is 2.15 bits per heavy atom. The number of ether oxygens (including phenoxy) is 1. The van der Waals surface area contributed by atoms with Crippen LogP contribution in [0.2, 0.25) is 0 Å². The first-order valence-electron chi connectivity index (χ1n) is 6.69. The Kier molecular flexibility index (Phi) is 4.55.